The van der Waals surface area contributed by atoms with Gasteiger partial charge < -0.3 is 4.52 Å². The molecular weight excluding hydrogens is 256 g/mol. The molecular formula is C11H11ClN4O2. The molecule has 0 spiro atoms. The second kappa shape index (κ2) is 5.50. The van der Waals surface area contributed by atoms with Gasteiger partial charge in [-0.3, -0.25) is 10.2 Å². The van der Waals surface area contributed by atoms with Crippen LogP contribution in [0.15, 0.2) is 28.8 Å². The highest BCUT2D eigenvalue weighted by Gasteiger charge is 2.08. The van der Waals surface area contributed by atoms with Crippen LogP contribution in [0.1, 0.15) is 13.3 Å². The van der Waals surface area contributed by atoms with Crippen molar-refractivity contribution in [2.75, 3.05) is 5.43 Å². The normalized spacial score (nSPS) is 10.1. The summed E-state index contributed by atoms with van der Waals surface area (Å²) in [5, 5.41) is 4.41. The molecule has 0 bridgehead atoms. The highest BCUT2D eigenvalue weighted by molar-refractivity contribution is 6.30. The lowest BCUT2D eigenvalue weighted by Crippen LogP contribution is -2.28. The summed E-state index contributed by atoms with van der Waals surface area (Å²) in [5.74, 6) is 0.251. The predicted octanol–water partition coefficient (Wildman–Crippen LogP) is 2.24. The summed E-state index contributed by atoms with van der Waals surface area (Å²) >= 11 is 5.78. The fourth-order valence-electron chi connectivity index (χ4n) is 1.20. The number of halogens is 1. The van der Waals surface area contributed by atoms with Gasteiger partial charge in [-0.1, -0.05) is 23.7 Å². The van der Waals surface area contributed by atoms with Crippen LogP contribution in [-0.2, 0) is 4.79 Å². The molecule has 0 unspecified atom stereocenters. The van der Waals surface area contributed by atoms with Crippen molar-refractivity contribution < 1.29 is 9.32 Å². The van der Waals surface area contributed by atoms with Crippen molar-refractivity contribution in [2.45, 2.75) is 13.3 Å². The molecule has 0 aliphatic carbocycles. The number of hydrogen-bond acceptors (Lipinski definition) is 5. The number of benzene rings is 1. The van der Waals surface area contributed by atoms with Gasteiger partial charge in [0.05, 0.1) is 0 Å². The highest BCUT2D eigenvalue weighted by Crippen LogP contribution is 2.19. The van der Waals surface area contributed by atoms with Crippen molar-refractivity contribution in [2.24, 2.45) is 0 Å². The minimum Gasteiger partial charge on any atom is -0.313 e. The van der Waals surface area contributed by atoms with E-state index >= 15 is 0 Å². The standard InChI is InChI=1S/C11H11ClN4O2/c1-2-9(17)14-15-11-13-10(16-18-11)7-3-5-8(12)6-4-7/h3-6H,2H2,1H3,(H,14,17)(H,13,15,16). The minimum atomic E-state index is -0.166. The van der Waals surface area contributed by atoms with Crippen molar-refractivity contribution in [3.05, 3.63) is 29.3 Å². The average Bonchev–Trinajstić information content (AvgIpc) is 2.85. The van der Waals surface area contributed by atoms with Crippen molar-refractivity contribution in [3.63, 3.8) is 0 Å². The largest absolute Gasteiger partial charge is 0.340 e. The van der Waals surface area contributed by atoms with Crippen LogP contribution in [0.3, 0.4) is 0 Å². The van der Waals surface area contributed by atoms with E-state index < -0.39 is 0 Å². The molecule has 0 saturated heterocycles. The fraction of sp³-hybridized carbons (Fsp3) is 0.182. The Morgan fingerprint density at radius 1 is 1.39 bits per heavy atom. The zero-order valence-electron chi connectivity index (χ0n) is 9.61. The van der Waals surface area contributed by atoms with Gasteiger partial charge >= 0.3 is 6.01 Å². The van der Waals surface area contributed by atoms with Crippen LogP contribution < -0.4 is 10.9 Å². The van der Waals surface area contributed by atoms with Crippen LogP contribution in [0.5, 0.6) is 0 Å². The van der Waals surface area contributed by atoms with Gasteiger partial charge in [-0.25, -0.2) is 5.43 Å². The molecule has 0 atom stereocenters. The number of carbonyl (C=O) groups is 1. The second-order valence-electron chi connectivity index (χ2n) is 3.46. The summed E-state index contributed by atoms with van der Waals surface area (Å²) in [7, 11) is 0. The van der Waals surface area contributed by atoms with Crippen molar-refractivity contribution in [3.8, 4) is 11.4 Å². The van der Waals surface area contributed by atoms with Crippen LogP contribution in [0, 0.1) is 0 Å². The topological polar surface area (TPSA) is 80.0 Å². The van der Waals surface area contributed by atoms with Gasteiger partial charge in [0.25, 0.3) is 0 Å². The number of nitrogens with one attached hydrogen (secondary N) is 2. The first kappa shape index (κ1) is 12.4. The van der Waals surface area contributed by atoms with Crippen molar-refractivity contribution in [1.82, 2.24) is 15.6 Å². The number of aromatic nitrogens is 2. The molecule has 2 N–H and O–H groups in total. The summed E-state index contributed by atoms with van der Waals surface area (Å²) in [6, 6.07) is 7.16. The first-order valence-electron chi connectivity index (χ1n) is 5.33. The third-order valence-electron chi connectivity index (χ3n) is 2.16. The lowest BCUT2D eigenvalue weighted by molar-refractivity contribution is -0.120. The first-order valence-corrected chi connectivity index (χ1v) is 5.71. The van der Waals surface area contributed by atoms with E-state index in [0.29, 0.717) is 17.3 Å². The van der Waals surface area contributed by atoms with Gasteiger partial charge in [0.1, 0.15) is 0 Å². The van der Waals surface area contributed by atoms with Crippen LogP contribution >= 0.6 is 11.6 Å². The zero-order valence-corrected chi connectivity index (χ0v) is 10.4. The molecule has 7 heteroatoms. The monoisotopic (exact) mass is 266 g/mol. The molecule has 1 aromatic heterocycles. The maximum absolute atomic E-state index is 11.0. The number of hydrazine groups is 1. The third-order valence-corrected chi connectivity index (χ3v) is 2.41. The first-order chi connectivity index (χ1) is 8.69. The highest BCUT2D eigenvalue weighted by atomic mass is 35.5. The van der Waals surface area contributed by atoms with Gasteiger partial charge in [0.2, 0.25) is 11.7 Å². The number of carbonyl (C=O) groups excluding carboxylic acids is 1. The van der Waals surface area contributed by atoms with Gasteiger partial charge in [-0.15, -0.1) is 0 Å². The minimum absolute atomic E-state index is 0.127. The molecule has 0 saturated carbocycles. The quantitative estimate of drug-likeness (QED) is 0.830. The maximum Gasteiger partial charge on any atom is 0.340 e. The summed E-state index contributed by atoms with van der Waals surface area (Å²) < 4.78 is 4.92. The Hall–Kier alpha value is -2.08. The molecule has 1 heterocycles. The number of rotatable bonds is 4. The Bertz CT molecular complexity index is 538. The Morgan fingerprint density at radius 3 is 2.78 bits per heavy atom. The van der Waals surface area contributed by atoms with Crippen LogP contribution in [-0.4, -0.2) is 16.0 Å². The van der Waals surface area contributed by atoms with E-state index in [4.69, 9.17) is 16.1 Å². The Labute approximate surface area is 108 Å². The van der Waals surface area contributed by atoms with Gasteiger partial charge in [-0.2, -0.15) is 4.98 Å². The summed E-state index contributed by atoms with van der Waals surface area (Å²) in [4.78, 5) is 15.1. The smallest absolute Gasteiger partial charge is 0.313 e. The lowest BCUT2D eigenvalue weighted by Gasteiger charge is -2.00. The van der Waals surface area contributed by atoms with E-state index in [1.54, 1.807) is 31.2 Å². The Kier molecular flexibility index (Phi) is 3.78. The Balaban J connectivity index is 2.06. The molecule has 2 rings (SSSR count). The summed E-state index contributed by atoms with van der Waals surface area (Å²) in [6.07, 6.45) is 0.366. The van der Waals surface area contributed by atoms with Gasteiger partial charge in [0, 0.05) is 17.0 Å². The molecule has 18 heavy (non-hydrogen) atoms. The molecule has 6 nitrogen and oxygen atoms in total. The van der Waals surface area contributed by atoms with E-state index in [2.05, 4.69) is 21.0 Å². The van der Waals surface area contributed by atoms with E-state index in [1.165, 1.54) is 0 Å². The fourth-order valence-corrected chi connectivity index (χ4v) is 1.33. The molecule has 0 aliphatic heterocycles. The van der Waals surface area contributed by atoms with Crippen LogP contribution in [0.2, 0.25) is 5.02 Å². The molecule has 0 fully saturated rings. The van der Waals surface area contributed by atoms with Crippen molar-refractivity contribution >= 4 is 23.5 Å². The summed E-state index contributed by atoms with van der Waals surface area (Å²) in [5.41, 5.74) is 5.72. The number of nitrogens with zero attached hydrogens (tertiary/aromatic N) is 2. The van der Waals surface area contributed by atoms with Crippen LogP contribution in [0.4, 0.5) is 6.01 Å². The average molecular weight is 267 g/mol. The van der Waals surface area contributed by atoms with Gasteiger partial charge in [0.15, 0.2) is 0 Å². The Morgan fingerprint density at radius 2 is 2.11 bits per heavy atom. The molecule has 94 valence electrons. The predicted molar refractivity (Wildman–Crippen MR) is 66.8 cm³/mol. The zero-order chi connectivity index (χ0) is 13.0. The van der Waals surface area contributed by atoms with E-state index in [1.807, 2.05) is 0 Å². The molecule has 2 aromatic rings. The molecule has 1 aromatic carbocycles. The van der Waals surface area contributed by atoms with Crippen LogP contribution in [0.25, 0.3) is 11.4 Å². The molecule has 0 radical (unpaired) electrons. The maximum atomic E-state index is 11.0. The number of anilines is 1. The number of amides is 1. The number of hydrogen-bond donors (Lipinski definition) is 2. The summed E-state index contributed by atoms with van der Waals surface area (Å²) in [6.45, 7) is 1.74. The SMILES string of the molecule is CCC(=O)NNc1nc(-c2ccc(Cl)cc2)no1. The van der Waals surface area contributed by atoms with Crippen molar-refractivity contribution in [1.29, 1.82) is 0 Å². The molecule has 1 amide bonds. The third kappa shape index (κ3) is 2.98. The lowest BCUT2D eigenvalue weighted by atomic mass is 10.2. The second-order valence-corrected chi connectivity index (χ2v) is 3.89. The van der Waals surface area contributed by atoms with Gasteiger partial charge in [-0.05, 0) is 24.3 Å². The van der Waals surface area contributed by atoms with E-state index in [-0.39, 0.29) is 11.9 Å². The van der Waals surface area contributed by atoms with E-state index in [0.717, 1.165) is 5.56 Å². The molecule has 0 aliphatic rings. The van der Waals surface area contributed by atoms with E-state index in [9.17, 15) is 4.79 Å².